The van der Waals surface area contributed by atoms with E-state index in [1.54, 1.807) is 9.80 Å². The van der Waals surface area contributed by atoms with Crippen molar-refractivity contribution in [3.8, 4) is 0 Å². The molecule has 0 N–H and O–H groups in total. The van der Waals surface area contributed by atoms with Gasteiger partial charge in [0.2, 0.25) is 11.9 Å². The van der Waals surface area contributed by atoms with Gasteiger partial charge < -0.3 is 9.80 Å². The Morgan fingerprint density at radius 2 is 1.90 bits per heavy atom. The van der Waals surface area contributed by atoms with Crippen molar-refractivity contribution >= 4 is 11.8 Å². The molecule has 1 aliphatic rings. The van der Waals surface area contributed by atoms with Crippen LogP contribution in [0, 0.1) is 5.95 Å². The van der Waals surface area contributed by atoms with Crippen LogP contribution in [-0.2, 0) is 4.79 Å². The lowest BCUT2D eigenvalue weighted by Crippen LogP contribution is -2.37. The van der Waals surface area contributed by atoms with Crippen LogP contribution in [0.5, 0.6) is 0 Å². The summed E-state index contributed by atoms with van der Waals surface area (Å²) >= 11 is 0. The molecule has 0 aromatic carbocycles. The minimum absolute atomic E-state index is 0.114. The molecular weight excluding hydrogens is 261 g/mol. The summed E-state index contributed by atoms with van der Waals surface area (Å²) in [5.74, 6) is -0.650. The molecule has 1 aromatic rings. The first-order valence-corrected chi connectivity index (χ1v) is 6.80. The van der Waals surface area contributed by atoms with Gasteiger partial charge in [0, 0.05) is 38.8 Å². The fraction of sp³-hybridized carbons (Fsp3) is 0.500. The van der Waals surface area contributed by atoms with Crippen LogP contribution in [0.25, 0.3) is 0 Å². The first-order chi connectivity index (χ1) is 9.61. The molecule has 0 atom stereocenters. The van der Waals surface area contributed by atoms with E-state index in [0.717, 1.165) is 6.42 Å². The molecule has 0 unspecified atom stereocenters. The van der Waals surface area contributed by atoms with Crippen molar-refractivity contribution in [2.75, 3.05) is 26.2 Å². The van der Waals surface area contributed by atoms with Gasteiger partial charge >= 0.3 is 0 Å². The van der Waals surface area contributed by atoms with Crippen molar-refractivity contribution in [3.63, 3.8) is 0 Å². The smallest absolute Gasteiger partial charge is 0.255 e. The number of hydrogen-bond donors (Lipinski definition) is 0. The molecule has 5 nitrogen and oxygen atoms in total. The van der Waals surface area contributed by atoms with Crippen molar-refractivity contribution in [2.24, 2.45) is 0 Å². The highest BCUT2D eigenvalue weighted by Crippen LogP contribution is 2.10. The van der Waals surface area contributed by atoms with E-state index in [1.807, 2.05) is 6.92 Å². The van der Waals surface area contributed by atoms with Gasteiger partial charge in [0.15, 0.2) is 0 Å². The van der Waals surface area contributed by atoms with Gasteiger partial charge in [0.1, 0.15) is 0 Å². The van der Waals surface area contributed by atoms with Crippen LogP contribution in [0.4, 0.5) is 4.39 Å². The summed E-state index contributed by atoms with van der Waals surface area (Å²) in [5.41, 5.74) is 0.377. The number of amides is 2. The highest BCUT2D eigenvalue weighted by molar-refractivity contribution is 5.94. The zero-order valence-electron chi connectivity index (χ0n) is 11.5. The maximum absolute atomic E-state index is 12.8. The fourth-order valence-electron chi connectivity index (χ4n) is 2.28. The summed E-state index contributed by atoms with van der Waals surface area (Å²) in [6.45, 7) is 4.16. The Bertz CT molecular complexity index is 490. The Morgan fingerprint density at radius 1 is 1.20 bits per heavy atom. The number of carbonyl (C=O) groups is 2. The van der Waals surface area contributed by atoms with Crippen LogP contribution >= 0.6 is 0 Å². The Morgan fingerprint density at radius 3 is 2.55 bits per heavy atom. The Balaban J connectivity index is 2.01. The summed E-state index contributed by atoms with van der Waals surface area (Å²) in [5, 5.41) is 0. The predicted molar refractivity (Wildman–Crippen MR) is 71.6 cm³/mol. The summed E-state index contributed by atoms with van der Waals surface area (Å²) in [6.07, 6.45) is 2.49. The van der Waals surface area contributed by atoms with E-state index in [-0.39, 0.29) is 11.8 Å². The average molecular weight is 279 g/mol. The minimum Gasteiger partial charge on any atom is -0.341 e. The van der Waals surface area contributed by atoms with Gasteiger partial charge in [0.25, 0.3) is 5.91 Å². The molecule has 0 radical (unpaired) electrons. The normalized spacial score (nSPS) is 15.9. The van der Waals surface area contributed by atoms with E-state index < -0.39 is 5.95 Å². The molecule has 20 heavy (non-hydrogen) atoms. The highest BCUT2D eigenvalue weighted by Gasteiger charge is 2.22. The molecule has 2 rings (SSSR count). The van der Waals surface area contributed by atoms with Gasteiger partial charge in [-0.25, -0.2) is 4.98 Å². The number of nitrogens with zero attached hydrogens (tertiary/aromatic N) is 3. The highest BCUT2D eigenvalue weighted by atomic mass is 19.1. The van der Waals surface area contributed by atoms with E-state index in [9.17, 15) is 14.0 Å². The fourth-order valence-corrected chi connectivity index (χ4v) is 2.28. The number of halogens is 1. The predicted octanol–water partition coefficient (Wildman–Crippen LogP) is 1.31. The maximum atomic E-state index is 12.8. The van der Waals surface area contributed by atoms with Gasteiger partial charge in [-0.05, 0) is 18.6 Å². The summed E-state index contributed by atoms with van der Waals surface area (Å²) in [4.78, 5) is 30.9. The molecular formula is C14H18FN3O2. The minimum atomic E-state index is -0.600. The third-order valence-electron chi connectivity index (χ3n) is 3.41. The first kappa shape index (κ1) is 14.4. The lowest BCUT2D eigenvalue weighted by molar-refractivity contribution is -0.130. The first-order valence-electron chi connectivity index (χ1n) is 6.80. The Kier molecular flexibility index (Phi) is 4.65. The monoisotopic (exact) mass is 279 g/mol. The number of carbonyl (C=O) groups excluding carboxylic acids is 2. The summed E-state index contributed by atoms with van der Waals surface area (Å²) in [6, 6.07) is 2.61. The lowest BCUT2D eigenvalue weighted by atomic mass is 10.2. The number of aromatic nitrogens is 1. The Hall–Kier alpha value is -1.98. The quantitative estimate of drug-likeness (QED) is 0.767. The molecule has 1 fully saturated rings. The standard InChI is InChI=1S/C14H18FN3O2/c1-2-13(19)17-6-3-7-18(9-8-17)14(20)11-4-5-12(15)16-10-11/h4-5,10H,2-3,6-9H2,1H3. The van der Waals surface area contributed by atoms with E-state index in [2.05, 4.69) is 4.98 Å². The molecule has 0 saturated carbocycles. The van der Waals surface area contributed by atoms with Crippen molar-refractivity contribution in [3.05, 3.63) is 29.8 Å². The molecule has 1 saturated heterocycles. The van der Waals surface area contributed by atoms with Crippen molar-refractivity contribution < 1.29 is 14.0 Å². The van der Waals surface area contributed by atoms with Gasteiger partial charge in [-0.1, -0.05) is 6.92 Å². The van der Waals surface area contributed by atoms with Crippen LogP contribution < -0.4 is 0 Å². The zero-order chi connectivity index (χ0) is 14.5. The van der Waals surface area contributed by atoms with Crippen molar-refractivity contribution in [1.82, 2.24) is 14.8 Å². The molecule has 2 heterocycles. The topological polar surface area (TPSA) is 53.5 Å². The molecule has 6 heteroatoms. The zero-order valence-corrected chi connectivity index (χ0v) is 11.5. The van der Waals surface area contributed by atoms with Gasteiger partial charge in [0.05, 0.1) is 5.56 Å². The van der Waals surface area contributed by atoms with Crippen molar-refractivity contribution in [2.45, 2.75) is 19.8 Å². The molecule has 108 valence electrons. The second-order valence-corrected chi connectivity index (χ2v) is 4.75. The van der Waals surface area contributed by atoms with Crippen LogP contribution in [0.1, 0.15) is 30.1 Å². The molecule has 0 aliphatic carbocycles. The van der Waals surface area contributed by atoms with Gasteiger partial charge in [-0.2, -0.15) is 4.39 Å². The van der Waals surface area contributed by atoms with E-state index >= 15 is 0 Å². The van der Waals surface area contributed by atoms with Crippen LogP contribution in [-0.4, -0.2) is 52.8 Å². The number of hydrogen-bond acceptors (Lipinski definition) is 3. The molecule has 2 amide bonds. The van der Waals surface area contributed by atoms with Crippen LogP contribution in [0.3, 0.4) is 0 Å². The van der Waals surface area contributed by atoms with Gasteiger partial charge in [-0.3, -0.25) is 9.59 Å². The largest absolute Gasteiger partial charge is 0.341 e. The maximum Gasteiger partial charge on any atom is 0.255 e. The third kappa shape index (κ3) is 3.31. The van der Waals surface area contributed by atoms with E-state index in [1.165, 1.54) is 18.3 Å². The second kappa shape index (κ2) is 6.45. The average Bonchev–Trinajstić information content (AvgIpc) is 2.72. The Labute approximate surface area is 117 Å². The molecule has 0 spiro atoms. The molecule has 1 aromatic heterocycles. The number of rotatable bonds is 2. The van der Waals surface area contributed by atoms with Crippen LogP contribution in [0.15, 0.2) is 18.3 Å². The summed E-state index contributed by atoms with van der Waals surface area (Å²) in [7, 11) is 0. The second-order valence-electron chi connectivity index (χ2n) is 4.75. The van der Waals surface area contributed by atoms with Crippen molar-refractivity contribution in [1.29, 1.82) is 0 Å². The third-order valence-corrected chi connectivity index (χ3v) is 3.41. The lowest BCUT2D eigenvalue weighted by Gasteiger charge is -2.21. The van der Waals surface area contributed by atoms with Crippen LogP contribution in [0.2, 0.25) is 0 Å². The number of pyridine rings is 1. The molecule has 0 bridgehead atoms. The molecule has 1 aliphatic heterocycles. The van der Waals surface area contributed by atoms with E-state index in [0.29, 0.717) is 38.2 Å². The van der Waals surface area contributed by atoms with E-state index in [4.69, 9.17) is 0 Å². The van der Waals surface area contributed by atoms with Gasteiger partial charge in [-0.15, -0.1) is 0 Å². The summed E-state index contributed by atoms with van der Waals surface area (Å²) < 4.78 is 12.8. The SMILES string of the molecule is CCC(=O)N1CCCN(C(=O)c2ccc(F)nc2)CC1.